The van der Waals surface area contributed by atoms with Crippen LogP contribution < -0.4 is 15.4 Å². The molecule has 0 saturated heterocycles. The Balaban J connectivity index is 1.70. The van der Waals surface area contributed by atoms with Gasteiger partial charge in [0.15, 0.2) is 6.10 Å². The molecule has 0 aliphatic carbocycles. The molecule has 2 N–H and O–H groups in total. The molecule has 1 atom stereocenters. The minimum Gasteiger partial charge on any atom is -0.477 e. The minimum absolute atomic E-state index is 0.186. The normalized spacial score (nSPS) is 16.4. The molecule has 1 amide bonds. The third kappa shape index (κ3) is 2.76. The number of anilines is 2. The summed E-state index contributed by atoms with van der Waals surface area (Å²) < 4.78 is 5.67. The molecule has 0 fully saturated rings. The van der Waals surface area contributed by atoms with Crippen molar-refractivity contribution in [2.45, 2.75) is 20.0 Å². The van der Waals surface area contributed by atoms with Gasteiger partial charge in [0.1, 0.15) is 5.75 Å². The fourth-order valence-electron chi connectivity index (χ4n) is 1.96. The van der Waals surface area contributed by atoms with Crippen molar-refractivity contribution >= 4 is 17.5 Å². The smallest absolute Gasteiger partial charge is 0.269 e. The summed E-state index contributed by atoms with van der Waals surface area (Å²) in [4.78, 5) is 16.4. The van der Waals surface area contributed by atoms with Crippen LogP contribution in [0.5, 0.6) is 5.75 Å². The predicted octanol–water partition coefficient (Wildman–Crippen LogP) is 1.30. The van der Waals surface area contributed by atoms with E-state index in [2.05, 4.69) is 25.8 Å². The molecule has 2 heterocycles. The highest BCUT2D eigenvalue weighted by Gasteiger charge is 2.26. The van der Waals surface area contributed by atoms with Gasteiger partial charge in [0.25, 0.3) is 5.91 Å². The van der Waals surface area contributed by atoms with Gasteiger partial charge in [-0.05, 0) is 26.0 Å². The zero-order valence-electron chi connectivity index (χ0n) is 11.8. The first-order chi connectivity index (χ1) is 10.1. The van der Waals surface area contributed by atoms with E-state index < -0.39 is 6.10 Å². The number of nitrogens with one attached hydrogen (secondary N) is 2. The molecule has 0 saturated carbocycles. The molecule has 1 unspecified atom stereocenters. The maximum atomic E-state index is 12.2. The summed E-state index contributed by atoms with van der Waals surface area (Å²) in [6.45, 7) is 4.02. The van der Waals surface area contributed by atoms with Gasteiger partial charge < -0.3 is 10.1 Å². The van der Waals surface area contributed by atoms with Gasteiger partial charge in [0.05, 0.1) is 23.6 Å². The second-order valence-electron chi connectivity index (χ2n) is 4.78. The molecule has 108 valence electrons. The number of hydrogen-bond donors (Lipinski definition) is 2. The van der Waals surface area contributed by atoms with Crippen LogP contribution in [0.2, 0.25) is 0 Å². The number of benzene rings is 1. The van der Waals surface area contributed by atoms with Gasteiger partial charge in [-0.3, -0.25) is 10.1 Å². The molecule has 1 aliphatic heterocycles. The zero-order chi connectivity index (χ0) is 14.8. The molecule has 1 aromatic carbocycles. The van der Waals surface area contributed by atoms with Crippen molar-refractivity contribution in [3.05, 3.63) is 35.7 Å². The van der Waals surface area contributed by atoms with Crippen LogP contribution in [0.25, 0.3) is 0 Å². The standard InChI is InChI=1S/C14H15N5O2/c1-8-9(2)18-19-14(16-8)17-13(20)12-7-15-10-5-3-4-6-11(10)21-12/h3-6,12,15H,7H2,1-2H3,(H,16,17,19,20). The van der Waals surface area contributed by atoms with Gasteiger partial charge in [-0.25, -0.2) is 4.98 Å². The number of hydrogen-bond acceptors (Lipinski definition) is 6. The van der Waals surface area contributed by atoms with Crippen LogP contribution in [0.3, 0.4) is 0 Å². The molecule has 7 heteroatoms. The lowest BCUT2D eigenvalue weighted by Crippen LogP contribution is -2.41. The van der Waals surface area contributed by atoms with Crippen molar-refractivity contribution in [2.24, 2.45) is 0 Å². The van der Waals surface area contributed by atoms with E-state index in [0.29, 0.717) is 12.3 Å². The Morgan fingerprint density at radius 2 is 2.10 bits per heavy atom. The number of carbonyl (C=O) groups is 1. The van der Waals surface area contributed by atoms with Crippen LogP contribution in [-0.4, -0.2) is 33.7 Å². The van der Waals surface area contributed by atoms with Crippen molar-refractivity contribution in [1.82, 2.24) is 15.2 Å². The lowest BCUT2D eigenvalue weighted by atomic mass is 10.2. The Morgan fingerprint density at radius 1 is 1.29 bits per heavy atom. The van der Waals surface area contributed by atoms with Gasteiger partial charge >= 0.3 is 0 Å². The maximum absolute atomic E-state index is 12.2. The molecular formula is C14H15N5O2. The van der Waals surface area contributed by atoms with Crippen molar-refractivity contribution in [3.63, 3.8) is 0 Å². The minimum atomic E-state index is -0.634. The first-order valence-corrected chi connectivity index (χ1v) is 6.62. The number of amides is 1. The average Bonchev–Trinajstić information content (AvgIpc) is 2.50. The van der Waals surface area contributed by atoms with Crippen molar-refractivity contribution in [1.29, 1.82) is 0 Å². The van der Waals surface area contributed by atoms with E-state index in [1.807, 2.05) is 38.1 Å². The Morgan fingerprint density at radius 3 is 2.90 bits per heavy atom. The molecule has 0 radical (unpaired) electrons. The molecule has 1 aliphatic rings. The van der Waals surface area contributed by atoms with Crippen LogP contribution in [0, 0.1) is 13.8 Å². The second-order valence-corrected chi connectivity index (χ2v) is 4.78. The van der Waals surface area contributed by atoms with E-state index in [-0.39, 0.29) is 11.9 Å². The second kappa shape index (κ2) is 5.35. The van der Waals surface area contributed by atoms with E-state index in [4.69, 9.17) is 4.74 Å². The van der Waals surface area contributed by atoms with Crippen molar-refractivity contribution < 1.29 is 9.53 Å². The van der Waals surface area contributed by atoms with E-state index in [0.717, 1.165) is 17.1 Å². The lowest BCUT2D eigenvalue weighted by molar-refractivity contribution is -0.122. The van der Waals surface area contributed by atoms with Crippen LogP contribution in [0.1, 0.15) is 11.4 Å². The summed E-state index contributed by atoms with van der Waals surface area (Å²) in [5, 5.41) is 13.6. The number of para-hydroxylation sites is 2. The molecule has 7 nitrogen and oxygen atoms in total. The molecule has 2 aromatic rings. The molecule has 3 rings (SSSR count). The Hall–Kier alpha value is -2.70. The Kier molecular flexibility index (Phi) is 3.39. The van der Waals surface area contributed by atoms with Gasteiger partial charge in [0, 0.05) is 0 Å². The molecule has 1 aromatic heterocycles. The number of rotatable bonds is 2. The number of aryl methyl sites for hydroxylation is 2. The third-order valence-corrected chi connectivity index (χ3v) is 3.25. The average molecular weight is 285 g/mol. The zero-order valence-corrected chi connectivity index (χ0v) is 11.8. The summed E-state index contributed by atoms with van der Waals surface area (Å²) in [7, 11) is 0. The third-order valence-electron chi connectivity index (χ3n) is 3.25. The number of nitrogens with zero attached hydrogens (tertiary/aromatic N) is 3. The number of fused-ring (bicyclic) bond motifs is 1. The van der Waals surface area contributed by atoms with Crippen molar-refractivity contribution in [3.8, 4) is 5.75 Å². The van der Waals surface area contributed by atoms with E-state index in [1.165, 1.54) is 0 Å². The monoisotopic (exact) mass is 285 g/mol. The number of aromatic nitrogens is 3. The van der Waals surface area contributed by atoms with Gasteiger partial charge in [0.2, 0.25) is 5.95 Å². The van der Waals surface area contributed by atoms with E-state index in [9.17, 15) is 4.79 Å². The SMILES string of the molecule is Cc1nnc(NC(=O)C2CNc3ccccc3O2)nc1C. The number of ether oxygens (including phenoxy) is 1. The maximum Gasteiger partial charge on any atom is 0.269 e. The quantitative estimate of drug-likeness (QED) is 0.864. The Bertz CT molecular complexity index is 689. The van der Waals surface area contributed by atoms with Gasteiger partial charge in [-0.1, -0.05) is 12.1 Å². The summed E-state index contributed by atoms with van der Waals surface area (Å²) >= 11 is 0. The van der Waals surface area contributed by atoms with E-state index >= 15 is 0 Å². The summed E-state index contributed by atoms with van der Waals surface area (Å²) in [6, 6.07) is 7.48. The highest BCUT2D eigenvalue weighted by Crippen LogP contribution is 2.28. The van der Waals surface area contributed by atoms with Crippen molar-refractivity contribution in [2.75, 3.05) is 17.2 Å². The summed E-state index contributed by atoms with van der Waals surface area (Å²) in [5.74, 6) is 0.538. The molecule has 0 spiro atoms. The highest BCUT2D eigenvalue weighted by molar-refractivity contribution is 5.93. The molecular weight excluding hydrogens is 270 g/mol. The topological polar surface area (TPSA) is 89.0 Å². The number of carbonyl (C=O) groups excluding carboxylic acids is 1. The largest absolute Gasteiger partial charge is 0.477 e. The molecule has 0 bridgehead atoms. The first kappa shape index (κ1) is 13.3. The molecule has 21 heavy (non-hydrogen) atoms. The van der Waals surface area contributed by atoms with Gasteiger partial charge in [-0.2, -0.15) is 5.10 Å². The predicted molar refractivity (Wildman–Crippen MR) is 77.3 cm³/mol. The van der Waals surface area contributed by atoms with Gasteiger partial charge in [-0.15, -0.1) is 5.10 Å². The van der Waals surface area contributed by atoms with E-state index in [1.54, 1.807) is 0 Å². The fourth-order valence-corrected chi connectivity index (χ4v) is 1.96. The summed E-state index contributed by atoms with van der Waals surface area (Å²) in [6.07, 6.45) is -0.634. The lowest BCUT2D eigenvalue weighted by Gasteiger charge is -2.26. The fraction of sp³-hybridized carbons (Fsp3) is 0.286. The summed E-state index contributed by atoms with van der Waals surface area (Å²) in [5.41, 5.74) is 2.34. The van der Waals surface area contributed by atoms with Crippen LogP contribution >= 0.6 is 0 Å². The highest BCUT2D eigenvalue weighted by atomic mass is 16.5. The first-order valence-electron chi connectivity index (χ1n) is 6.62. The van der Waals surface area contributed by atoms with Crippen LogP contribution in [0.15, 0.2) is 24.3 Å². The van der Waals surface area contributed by atoms with Crippen LogP contribution in [-0.2, 0) is 4.79 Å². The Labute approximate surface area is 121 Å². The van der Waals surface area contributed by atoms with Crippen LogP contribution in [0.4, 0.5) is 11.6 Å².